The summed E-state index contributed by atoms with van der Waals surface area (Å²) < 4.78 is 5.48. The van der Waals surface area contributed by atoms with Crippen molar-refractivity contribution in [2.45, 2.75) is 39.0 Å². The number of anilines is 3. The van der Waals surface area contributed by atoms with E-state index < -0.39 is 0 Å². The Morgan fingerprint density at radius 2 is 1.65 bits per heavy atom. The number of nitrogens with zero attached hydrogens (tertiary/aromatic N) is 4. The van der Waals surface area contributed by atoms with Crippen molar-refractivity contribution in [3.05, 3.63) is 6.07 Å². The average Bonchev–Trinajstić information content (AvgIpc) is 2.96. The minimum Gasteiger partial charge on any atom is -0.378 e. The first-order valence-electron chi connectivity index (χ1n) is 9.78. The van der Waals surface area contributed by atoms with Crippen LogP contribution >= 0.6 is 12.2 Å². The largest absolute Gasteiger partial charge is 0.378 e. The standard InChI is InChI=1S/C18H30N6OS/c1-2-7-19-18(26)22-17-20-15(23-8-5-3-4-6-9-23)14-16(21-17)24-10-12-25-13-11-24/h14H,2-13H2,1H3,(H2,19,20,21,22,26). The second-order valence-corrected chi connectivity index (χ2v) is 7.20. The summed E-state index contributed by atoms with van der Waals surface area (Å²) >= 11 is 5.37. The highest BCUT2D eigenvalue weighted by molar-refractivity contribution is 7.80. The number of hydrogen-bond acceptors (Lipinski definition) is 6. The van der Waals surface area contributed by atoms with Crippen LogP contribution in [0.25, 0.3) is 0 Å². The monoisotopic (exact) mass is 378 g/mol. The van der Waals surface area contributed by atoms with Gasteiger partial charge in [0.25, 0.3) is 0 Å². The van der Waals surface area contributed by atoms with Gasteiger partial charge in [0.05, 0.1) is 13.2 Å². The Labute approximate surface area is 161 Å². The molecular weight excluding hydrogens is 348 g/mol. The first kappa shape index (κ1) is 19.1. The van der Waals surface area contributed by atoms with Gasteiger partial charge in [-0.25, -0.2) is 0 Å². The van der Waals surface area contributed by atoms with Gasteiger partial charge in [-0.05, 0) is 31.5 Å². The van der Waals surface area contributed by atoms with Crippen LogP contribution in [0, 0.1) is 0 Å². The molecule has 1 aromatic heterocycles. The average molecular weight is 379 g/mol. The fraction of sp³-hybridized carbons (Fsp3) is 0.722. The summed E-state index contributed by atoms with van der Waals surface area (Å²) in [6, 6.07) is 2.12. The van der Waals surface area contributed by atoms with E-state index in [9.17, 15) is 0 Å². The number of thiocarbonyl (C=S) groups is 1. The van der Waals surface area contributed by atoms with Crippen LogP contribution in [0.3, 0.4) is 0 Å². The molecular formula is C18H30N6OS. The summed E-state index contributed by atoms with van der Waals surface area (Å²) in [5, 5.41) is 6.92. The molecule has 3 rings (SSSR count). The molecule has 3 heterocycles. The van der Waals surface area contributed by atoms with Crippen molar-refractivity contribution in [3.8, 4) is 0 Å². The topological polar surface area (TPSA) is 65.6 Å². The molecule has 2 saturated heterocycles. The van der Waals surface area contributed by atoms with Gasteiger partial charge >= 0.3 is 0 Å². The Morgan fingerprint density at radius 3 is 2.27 bits per heavy atom. The molecule has 2 N–H and O–H groups in total. The number of morpholine rings is 1. The quantitative estimate of drug-likeness (QED) is 0.757. The predicted molar refractivity (Wildman–Crippen MR) is 110 cm³/mol. The van der Waals surface area contributed by atoms with E-state index in [1.165, 1.54) is 25.7 Å². The summed E-state index contributed by atoms with van der Waals surface area (Å²) in [6.07, 6.45) is 6.06. The summed E-state index contributed by atoms with van der Waals surface area (Å²) in [5.41, 5.74) is 0. The summed E-state index contributed by atoms with van der Waals surface area (Å²) in [5.74, 6) is 2.51. The molecule has 2 aliphatic rings. The summed E-state index contributed by atoms with van der Waals surface area (Å²) in [4.78, 5) is 14.1. The normalized spacial score (nSPS) is 18.3. The third kappa shape index (κ3) is 5.41. The molecule has 8 heteroatoms. The maximum absolute atomic E-state index is 5.48. The number of rotatable bonds is 5. The van der Waals surface area contributed by atoms with Crippen LogP contribution in [0.1, 0.15) is 39.0 Å². The molecule has 0 atom stereocenters. The van der Waals surface area contributed by atoms with Crippen molar-refractivity contribution in [2.24, 2.45) is 0 Å². The molecule has 0 aromatic carbocycles. The fourth-order valence-corrected chi connectivity index (χ4v) is 3.47. The number of ether oxygens (including phenoxy) is 1. The molecule has 7 nitrogen and oxygen atoms in total. The third-order valence-corrected chi connectivity index (χ3v) is 4.97. The third-order valence-electron chi connectivity index (χ3n) is 4.73. The Kier molecular flexibility index (Phi) is 7.25. The van der Waals surface area contributed by atoms with E-state index in [0.29, 0.717) is 11.1 Å². The van der Waals surface area contributed by atoms with E-state index in [1.807, 2.05) is 0 Å². The zero-order valence-corrected chi connectivity index (χ0v) is 16.5. The van der Waals surface area contributed by atoms with Crippen LogP contribution in [-0.2, 0) is 4.74 Å². The van der Waals surface area contributed by atoms with Gasteiger partial charge in [-0.2, -0.15) is 9.97 Å². The van der Waals surface area contributed by atoms with Gasteiger partial charge in [0.1, 0.15) is 11.6 Å². The van der Waals surface area contributed by atoms with Crippen molar-refractivity contribution >= 4 is 34.9 Å². The second kappa shape index (κ2) is 9.87. The van der Waals surface area contributed by atoms with Crippen LogP contribution in [0.15, 0.2) is 6.07 Å². The lowest BCUT2D eigenvalue weighted by atomic mass is 10.2. The van der Waals surface area contributed by atoms with E-state index in [1.54, 1.807) is 0 Å². The lowest BCUT2D eigenvalue weighted by molar-refractivity contribution is 0.122. The zero-order valence-electron chi connectivity index (χ0n) is 15.7. The van der Waals surface area contributed by atoms with Crippen LogP contribution in [0.5, 0.6) is 0 Å². The van der Waals surface area contributed by atoms with E-state index in [0.717, 1.165) is 64.0 Å². The summed E-state index contributed by atoms with van der Waals surface area (Å²) in [6.45, 7) is 8.25. The molecule has 0 unspecified atom stereocenters. The Morgan fingerprint density at radius 1 is 1.04 bits per heavy atom. The van der Waals surface area contributed by atoms with Gasteiger partial charge in [-0.1, -0.05) is 19.8 Å². The number of nitrogens with one attached hydrogen (secondary N) is 2. The van der Waals surface area contributed by atoms with Gasteiger partial charge in [0.2, 0.25) is 5.95 Å². The Hall–Kier alpha value is -1.67. The van der Waals surface area contributed by atoms with E-state index in [2.05, 4.69) is 33.4 Å². The first-order chi connectivity index (χ1) is 12.8. The maximum Gasteiger partial charge on any atom is 0.232 e. The van der Waals surface area contributed by atoms with E-state index >= 15 is 0 Å². The molecule has 0 amide bonds. The first-order valence-corrected chi connectivity index (χ1v) is 10.2. The predicted octanol–water partition coefficient (Wildman–Crippen LogP) is 2.39. The molecule has 144 valence electrons. The Balaban J connectivity index is 1.81. The highest BCUT2D eigenvalue weighted by atomic mass is 32.1. The van der Waals surface area contributed by atoms with Crippen molar-refractivity contribution in [3.63, 3.8) is 0 Å². The van der Waals surface area contributed by atoms with E-state index in [4.69, 9.17) is 26.9 Å². The van der Waals surface area contributed by atoms with Gasteiger partial charge in [0.15, 0.2) is 5.11 Å². The fourth-order valence-electron chi connectivity index (χ4n) is 3.28. The molecule has 1 aromatic rings. The summed E-state index contributed by atoms with van der Waals surface area (Å²) in [7, 11) is 0. The second-order valence-electron chi connectivity index (χ2n) is 6.79. The SMILES string of the molecule is CCCNC(=S)Nc1nc(N2CCCCCC2)cc(N2CCOCC2)n1. The van der Waals surface area contributed by atoms with Crippen LogP contribution < -0.4 is 20.4 Å². The minimum absolute atomic E-state index is 0.571. The molecule has 0 aliphatic carbocycles. The van der Waals surface area contributed by atoms with Gasteiger partial charge in [0, 0.05) is 38.8 Å². The molecule has 0 radical (unpaired) electrons. The molecule has 0 spiro atoms. The van der Waals surface area contributed by atoms with Crippen molar-refractivity contribution in [2.75, 3.05) is 61.1 Å². The van der Waals surface area contributed by atoms with Crippen LogP contribution in [-0.4, -0.2) is 61.0 Å². The van der Waals surface area contributed by atoms with Crippen molar-refractivity contribution < 1.29 is 4.74 Å². The smallest absolute Gasteiger partial charge is 0.232 e. The Bertz CT molecular complexity index is 585. The highest BCUT2D eigenvalue weighted by Crippen LogP contribution is 2.24. The molecule has 2 fully saturated rings. The van der Waals surface area contributed by atoms with Gasteiger partial charge < -0.3 is 25.2 Å². The van der Waals surface area contributed by atoms with Crippen LogP contribution in [0.4, 0.5) is 17.6 Å². The van der Waals surface area contributed by atoms with Crippen LogP contribution in [0.2, 0.25) is 0 Å². The van der Waals surface area contributed by atoms with E-state index in [-0.39, 0.29) is 0 Å². The number of aromatic nitrogens is 2. The van der Waals surface area contributed by atoms with Crippen molar-refractivity contribution in [1.82, 2.24) is 15.3 Å². The molecule has 2 aliphatic heterocycles. The molecule has 0 saturated carbocycles. The number of hydrogen-bond donors (Lipinski definition) is 2. The molecule has 26 heavy (non-hydrogen) atoms. The van der Waals surface area contributed by atoms with Crippen molar-refractivity contribution in [1.29, 1.82) is 0 Å². The van der Waals surface area contributed by atoms with Gasteiger partial charge in [-0.3, -0.25) is 0 Å². The van der Waals surface area contributed by atoms with Gasteiger partial charge in [-0.15, -0.1) is 0 Å². The lowest BCUT2D eigenvalue weighted by Crippen LogP contribution is -2.37. The lowest BCUT2D eigenvalue weighted by Gasteiger charge is -2.29. The zero-order chi connectivity index (χ0) is 18.2. The molecule has 0 bridgehead atoms. The minimum atomic E-state index is 0.571. The highest BCUT2D eigenvalue weighted by Gasteiger charge is 2.18. The maximum atomic E-state index is 5.48.